The number of fused-ring (bicyclic) bond motifs is 1. The number of pyridine rings is 1. The van der Waals surface area contributed by atoms with E-state index < -0.39 is 0 Å². The number of aromatic amines is 1. The molecule has 2 amide bonds. The van der Waals surface area contributed by atoms with Gasteiger partial charge in [0.1, 0.15) is 5.82 Å². The average molecular weight is 488 g/mol. The van der Waals surface area contributed by atoms with E-state index in [-0.39, 0.29) is 12.1 Å². The van der Waals surface area contributed by atoms with Gasteiger partial charge < -0.3 is 10.6 Å². The van der Waals surface area contributed by atoms with Crippen LogP contribution in [-0.4, -0.2) is 21.2 Å². The van der Waals surface area contributed by atoms with Gasteiger partial charge in [0.2, 0.25) is 0 Å². The molecular formula is C21H20BrClN6O. The van der Waals surface area contributed by atoms with Crippen molar-refractivity contribution in [2.75, 3.05) is 0 Å². The summed E-state index contributed by atoms with van der Waals surface area (Å²) in [6.07, 6.45) is 1.77. The predicted molar refractivity (Wildman–Crippen MR) is 121 cm³/mol. The molecule has 7 nitrogen and oxygen atoms in total. The molecule has 0 spiro atoms. The average Bonchev–Trinajstić information content (AvgIpc) is 3.15. The van der Waals surface area contributed by atoms with Gasteiger partial charge in [0.25, 0.3) is 0 Å². The fraction of sp³-hybridized carbons (Fsp3) is 0.190. The molecule has 4 N–H and O–H groups in total. The number of H-pyrrole nitrogens is 1. The second-order valence-corrected chi connectivity index (χ2v) is 8.26. The first-order valence-electron chi connectivity index (χ1n) is 9.39. The normalized spacial score (nSPS) is 14.0. The number of benzene rings is 1. The topological polar surface area (TPSA) is 94.7 Å². The molecule has 4 rings (SSSR count). The maximum absolute atomic E-state index is 12.5. The second-order valence-electron chi connectivity index (χ2n) is 7.03. The third-order valence-corrected chi connectivity index (χ3v) is 5.92. The quantitative estimate of drug-likeness (QED) is 0.432. The van der Waals surface area contributed by atoms with Crippen LogP contribution in [0.1, 0.15) is 35.5 Å². The molecule has 0 fully saturated rings. The summed E-state index contributed by atoms with van der Waals surface area (Å²) in [6.45, 7) is 4.39. The molecule has 0 aliphatic carbocycles. The number of hydrogen-bond donors (Lipinski definition) is 4. The van der Waals surface area contributed by atoms with Crippen molar-refractivity contribution in [2.45, 2.75) is 26.4 Å². The lowest BCUT2D eigenvalue weighted by Gasteiger charge is -2.22. The molecule has 1 aliphatic rings. The third-order valence-electron chi connectivity index (χ3n) is 4.87. The monoisotopic (exact) mass is 486 g/mol. The van der Waals surface area contributed by atoms with Gasteiger partial charge in [0.05, 0.1) is 21.9 Å². The summed E-state index contributed by atoms with van der Waals surface area (Å²) in [5, 5.41) is 17.2. The molecule has 1 aromatic carbocycles. The molecule has 1 atom stereocenters. The van der Waals surface area contributed by atoms with Crippen molar-refractivity contribution >= 4 is 38.0 Å². The zero-order chi connectivity index (χ0) is 21.3. The predicted octanol–water partition coefficient (Wildman–Crippen LogP) is 4.62. The number of hydrogen-bond acceptors (Lipinski definition) is 4. The summed E-state index contributed by atoms with van der Waals surface area (Å²) >= 11 is 9.50. The minimum atomic E-state index is -0.315. The molecule has 3 heterocycles. The molecule has 30 heavy (non-hydrogen) atoms. The first-order valence-corrected chi connectivity index (χ1v) is 10.6. The van der Waals surface area contributed by atoms with E-state index in [9.17, 15) is 4.79 Å². The number of carbonyl (C=O) groups is 1. The van der Waals surface area contributed by atoms with Crippen molar-refractivity contribution in [1.82, 2.24) is 31.1 Å². The van der Waals surface area contributed by atoms with Gasteiger partial charge in [-0.15, -0.1) is 0 Å². The van der Waals surface area contributed by atoms with Crippen LogP contribution in [0.4, 0.5) is 4.79 Å². The van der Waals surface area contributed by atoms with E-state index in [1.54, 1.807) is 18.3 Å². The Morgan fingerprint density at radius 2 is 2.03 bits per heavy atom. The van der Waals surface area contributed by atoms with E-state index in [4.69, 9.17) is 11.6 Å². The summed E-state index contributed by atoms with van der Waals surface area (Å²) in [5.74, 6) is 0.574. The second kappa shape index (κ2) is 8.49. The SMILES string of the molecule is Cc1cc(-c2n[nH]c3c2CNC(NC(=O)N[C@H](C)c2ccc(Cl)cc2)=C3Br)ccn1. The third kappa shape index (κ3) is 4.20. The number of halogens is 2. The molecule has 9 heteroatoms. The Labute approximate surface area is 187 Å². The van der Waals surface area contributed by atoms with E-state index in [1.165, 1.54) is 0 Å². The Kier molecular flexibility index (Phi) is 5.78. The molecule has 0 saturated carbocycles. The fourth-order valence-corrected chi connectivity index (χ4v) is 4.00. The van der Waals surface area contributed by atoms with E-state index >= 15 is 0 Å². The van der Waals surface area contributed by atoms with Crippen LogP contribution in [0.2, 0.25) is 5.02 Å². The number of rotatable bonds is 4. The van der Waals surface area contributed by atoms with Gasteiger partial charge in [-0.1, -0.05) is 23.7 Å². The lowest BCUT2D eigenvalue weighted by atomic mass is 10.0. The maximum Gasteiger partial charge on any atom is 0.320 e. The van der Waals surface area contributed by atoms with Crippen LogP contribution >= 0.6 is 27.5 Å². The summed E-state index contributed by atoms with van der Waals surface area (Å²) in [6, 6.07) is 10.8. The lowest BCUT2D eigenvalue weighted by Crippen LogP contribution is -2.41. The zero-order valence-corrected chi connectivity index (χ0v) is 18.7. The van der Waals surface area contributed by atoms with E-state index in [0.717, 1.165) is 33.8 Å². The largest absolute Gasteiger partial charge is 0.366 e. The van der Waals surface area contributed by atoms with Crippen LogP contribution in [0.3, 0.4) is 0 Å². The van der Waals surface area contributed by atoms with Gasteiger partial charge in [-0.25, -0.2) is 4.79 Å². The Bertz CT molecular complexity index is 1120. The van der Waals surface area contributed by atoms with E-state index in [1.807, 2.05) is 38.1 Å². The highest BCUT2D eigenvalue weighted by Crippen LogP contribution is 2.34. The molecule has 0 bridgehead atoms. The van der Waals surface area contributed by atoms with Crippen molar-refractivity contribution in [2.24, 2.45) is 0 Å². The number of carbonyl (C=O) groups excluding carboxylic acids is 1. The molecule has 3 aromatic rings. The van der Waals surface area contributed by atoms with Crippen molar-refractivity contribution in [3.8, 4) is 11.3 Å². The molecule has 0 unspecified atom stereocenters. The minimum Gasteiger partial charge on any atom is -0.366 e. The van der Waals surface area contributed by atoms with Gasteiger partial charge in [-0.05, 0) is 59.6 Å². The highest BCUT2D eigenvalue weighted by atomic mass is 79.9. The lowest BCUT2D eigenvalue weighted by molar-refractivity contribution is 0.239. The molecule has 2 aromatic heterocycles. The summed E-state index contributed by atoms with van der Waals surface area (Å²) < 4.78 is 0.711. The number of amides is 2. The number of urea groups is 1. The van der Waals surface area contributed by atoms with Crippen LogP contribution < -0.4 is 16.0 Å². The number of aromatic nitrogens is 3. The van der Waals surface area contributed by atoms with Crippen LogP contribution in [0, 0.1) is 6.92 Å². The molecule has 0 saturated heterocycles. The molecule has 1 aliphatic heterocycles. The van der Waals surface area contributed by atoms with Gasteiger partial charge in [0.15, 0.2) is 0 Å². The standard InChI is InChI=1S/C21H20BrClN6O/c1-11-9-14(7-8-24-11)18-16-10-25-20(17(22)19(16)29-28-18)27-21(30)26-12(2)13-3-5-15(23)6-4-13/h3-9,12,25H,10H2,1-2H3,(H,28,29)(H2,26,27,30)/t12-/m1/s1. The molecule has 0 radical (unpaired) electrons. The van der Waals surface area contributed by atoms with E-state index in [0.29, 0.717) is 21.9 Å². The Morgan fingerprint density at radius 1 is 1.27 bits per heavy atom. The van der Waals surface area contributed by atoms with Crippen molar-refractivity contribution in [3.05, 3.63) is 76.0 Å². The Hall–Kier alpha value is -2.84. The highest BCUT2D eigenvalue weighted by Gasteiger charge is 2.24. The van der Waals surface area contributed by atoms with E-state index in [2.05, 4.69) is 47.1 Å². The maximum atomic E-state index is 12.5. The van der Waals surface area contributed by atoms with Crippen molar-refractivity contribution in [1.29, 1.82) is 0 Å². The number of nitrogens with zero attached hydrogens (tertiary/aromatic N) is 2. The Balaban J connectivity index is 1.50. The zero-order valence-electron chi connectivity index (χ0n) is 16.4. The molecule has 154 valence electrons. The van der Waals surface area contributed by atoms with Crippen LogP contribution in [-0.2, 0) is 6.54 Å². The minimum absolute atomic E-state index is 0.172. The van der Waals surface area contributed by atoms with Crippen LogP contribution in [0.25, 0.3) is 15.7 Å². The first-order chi connectivity index (χ1) is 14.4. The highest BCUT2D eigenvalue weighted by molar-refractivity contribution is 9.15. The smallest absolute Gasteiger partial charge is 0.320 e. The van der Waals surface area contributed by atoms with Crippen LogP contribution in [0.5, 0.6) is 0 Å². The first kappa shape index (κ1) is 20.4. The fourth-order valence-electron chi connectivity index (χ4n) is 3.31. The summed E-state index contributed by atoms with van der Waals surface area (Å²) in [5.41, 5.74) is 5.60. The van der Waals surface area contributed by atoms with Crippen molar-refractivity contribution < 1.29 is 4.79 Å². The van der Waals surface area contributed by atoms with Gasteiger partial charge in [-0.3, -0.25) is 15.4 Å². The molecular weight excluding hydrogens is 468 g/mol. The number of nitrogens with one attached hydrogen (secondary N) is 4. The number of aryl methyl sites for hydroxylation is 1. The summed E-state index contributed by atoms with van der Waals surface area (Å²) in [4.78, 5) is 16.7. The van der Waals surface area contributed by atoms with Crippen LogP contribution in [0.15, 0.2) is 48.4 Å². The van der Waals surface area contributed by atoms with Crippen molar-refractivity contribution in [3.63, 3.8) is 0 Å². The van der Waals surface area contributed by atoms with Gasteiger partial charge >= 0.3 is 6.03 Å². The van der Waals surface area contributed by atoms with Gasteiger partial charge in [0, 0.05) is 34.6 Å². The Morgan fingerprint density at radius 3 is 2.77 bits per heavy atom. The van der Waals surface area contributed by atoms with Gasteiger partial charge in [-0.2, -0.15) is 5.10 Å². The summed E-state index contributed by atoms with van der Waals surface area (Å²) in [7, 11) is 0.